The molecule has 0 amide bonds. The van der Waals surface area contributed by atoms with Crippen LogP contribution in [0.4, 0.5) is 0 Å². The van der Waals surface area contributed by atoms with Gasteiger partial charge in [-0.2, -0.15) is 5.10 Å². The zero-order valence-electron chi connectivity index (χ0n) is 13.3. The first kappa shape index (κ1) is 13.3. The monoisotopic (exact) mass is 293 g/mol. The molecule has 112 valence electrons. The second kappa shape index (κ2) is 4.57. The van der Waals surface area contributed by atoms with Crippen molar-refractivity contribution in [3.05, 3.63) is 41.7 Å². The van der Waals surface area contributed by atoms with E-state index in [-0.39, 0.29) is 12.0 Å². The Labute approximate surface area is 129 Å². The number of ether oxygens (including phenoxy) is 1. The predicted octanol–water partition coefficient (Wildman–Crippen LogP) is 3.83. The molecule has 2 aromatic heterocycles. The summed E-state index contributed by atoms with van der Waals surface area (Å²) in [5.74, 6) is 1.22. The lowest BCUT2D eigenvalue weighted by Crippen LogP contribution is -2.18. The van der Waals surface area contributed by atoms with E-state index in [0.29, 0.717) is 0 Å². The van der Waals surface area contributed by atoms with Crippen LogP contribution in [0.15, 0.2) is 30.5 Å². The first-order valence-corrected chi connectivity index (χ1v) is 7.66. The van der Waals surface area contributed by atoms with Gasteiger partial charge in [0, 0.05) is 30.3 Å². The summed E-state index contributed by atoms with van der Waals surface area (Å²) >= 11 is 0. The van der Waals surface area contributed by atoms with Gasteiger partial charge in [-0.15, -0.1) is 0 Å². The van der Waals surface area contributed by atoms with Gasteiger partial charge in [0.05, 0.1) is 11.1 Å². The normalized spacial score (nSPS) is 20.2. The van der Waals surface area contributed by atoms with Crippen LogP contribution in [-0.2, 0) is 7.05 Å². The van der Waals surface area contributed by atoms with Crippen molar-refractivity contribution < 1.29 is 4.74 Å². The van der Waals surface area contributed by atoms with Gasteiger partial charge in [0.2, 0.25) is 0 Å². The molecular formula is C18H19N3O. The van der Waals surface area contributed by atoms with Gasteiger partial charge in [-0.05, 0) is 25.5 Å². The molecule has 0 saturated carbocycles. The molecule has 1 aromatic carbocycles. The van der Waals surface area contributed by atoms with Crippen molar-refractivity contribution in [1.82, 2.24) is 14.8 Å². The van der Waals surface area contributed by atoms with Crippen LogP contribution in [0.3, 0.4) is 0 Å². The molecule has 0 radical (unpaired) electrons. The van der Waals surface area contributed by atoms with E-state index in [9.17, 15) is 0 Å². The number of fused-ring (bicyclic) bond motifs is 5. The Morgan fingerprint density at radius 3 is 2.77 bits per heavy atom. The summed E-state index contributed by atoms with van der Waals surface area (Å²) in [5.41, 5.74) is 5.53. The fourth-order valence-electron chi connectivity index (χ4n) is 3.39. The lowest BCUT2D eigenvalue weighted by molar-refractivity contribution is 0.199. The summed E-state index contributed by atoms with van der Waals surface area (Å²) in [5, 5.41) is 5.70. The van der Waals surface area contributed by atoms with Crippen LogP contribution in [0.1, 0.15) is 31.0 Å². The van der Waals surface area contributed by atoms with E-state index >= 15 is 0 Å². The lowest BCUT2D eigenvalue weighted by Gasteiger charge is -2.19. The Kier molecular flexibility index (Phi) is 2.76. The van der Waals surface area contributed by atoms with Gasteiger partial charge in [0.1, 0.15) is 11.9 Å². The predicted molar refractivity (Wildman–Crippen MR) is 87.2 cm³/mol. The highest BCUT2D eigenvalue weighted by atomic mass is 16.5. The summed E-state index contributed by atoms with van der Waals surface area (Å²) in [6.45, 7) is 6.37. The summed E-state index contributed by atoms with van der Waals surface area (Å²) in [6.07, 6.45) is 2.10. The van der Waals surface area contributed by atoms with Gasteiger partial charge in [-0.3, -0.25) is 4.68 Å². The summed E-state index contributed by atoms with van der Waals surface area (Å²) in [6, 6.07) is 8.26. The van der Waals surface area contributed by atoms with Gasteiger partial charge in [0.25, 0.3) is 0 Å². The van der Waals surface area contributed by atoms with Crippen LogP contribution in [0.25, 0.3) is 22.2 Å². The zero-order chi connectivity index (χ0) is 15.4. The highest BCUT2D eigenvalue weighted by Gasteiger charge is 2.29. The van der Waals surface area contributed by atoms with Gasteiger partial charge in [-0.25, -0.2) is 4.98 Å². The Balaban J connectivity index is 2.19. The Bertz CT molecular complexity index is 881. The highest BCUT2D eigenvalue weighted by molar-refractivity contribution is 5.98. The molecule has 0 saturated heterocycles. The van der Waals surface area contributed by atoms with Crippen LogP contribution < -0.4 is 4.74 Å². The number of aryl methyl sites for hydroxylation is 2. The molecule has 3 heterocycles. The van der Waals surface area contributed by atoms with Gasteiger partial charge >= 0.3 is 0 Å². The molecule has 0 N–H and O–H groups in total. The number of rotatable bonds is 0. The van der Waals surface area contributed by atoms with E-state index < -0.39 is 0 Å². The third kappa shape index (κ3) is 1.70. The maximum Gasteiger partial charge on any atom is 0.158 e. The SMILES string of the molecule is Cc1nn(C)c2ncc3c(c12)-c1ccccc1OC(C)C3C. The van der Waals surface area contributed by atoms with Crippen LogP contribution in [0.5, 0.6) is 5.75 Å². The lowest BCUT2D eigenvalue weighted by atomic mass is 9.89. The maximum atomic E-state index is 6.19. The van der Waals surface area contributed by atoms with Crippen LogP contribution >= 0.6 is 0 Å². The van der Waals surface area contributed by atoms with Crippen molar-refractivity contribution in [2.45, 2.75) is 32.8 Å². The smallest absolute Gasteiger partial charge is 0.158 e. The van der Waals surface area contributed by atoms with Crippen LogP contribution in [0.2, 0.25) is 0 Å². The van der Waals surface area contributed by atoms with E-state index in [2.05, 4.69) is 36.1 Å². The summed E-state index contributed by atoms with van der Waals surface area (Å²) in [4.78, 5) is 4.66. The second-order valence-corrected chi connectivity index (χ2v) is 6.10. The van der Waals surface area contributed by atoms with Gasteiger partial charge in [0.15, 0.2) is 5.65 Å². The van der Waals surface area contributed by atoms with Crippen LogP contribution in [-0.4, -0.2) is 20.9 Å². The summed E-state index contributed by atoms with van der Waals surface area (Å²) < 4.78 is 8.05. The molecule has 4 nitrogen and oxygen atoms in total. The van der Waals surface area contributed by atoms with Crippen molar-refractivity contribution in [2.24, 2.45) is 7.05 Å². The number of pyridine rings is 1. The molecule has 0 spiro atoms. The zero-order valence-corrected chi connectivity index (χ0v) is 13.3. The van der Waals surface area contributed by atoms with Crippen molar-refractivity contribution >= 4 is 11.0 Å². The Morgan fingerprint density at radius 1 is 1.18 bits per heavy atom. The van der Waals surface area contributed by atoms with Crippen molar-refractivity contribution in [3.63, 3.8) is 0 Å². The molecule has 22 heavy (non-hydrogen) atoms. The average molecular weight is 293 g/mol. The molecule has 0 fully saturated rings. The standard InChI is InChI=1S/C18H19N3O/c1-10-12(3)22-15-8-6-5-7-13(15)17-14(10)9-19-18-16(17)11(2)20-21(18)4/h5-10,12H,1-4H3. The molecule has 1 aliphatic heterocycles. The highest BCUT2D eigenvalue weighted by Crippen LogP contribution is 2.44. The molecule has 2 atom stereocenters. The topological polar surface area (TPSA) is 39.9 Å². The van der Waals surface area contributed by atoms with E-state index in [1.807, 2.05) is 37.0 Å². The van der Waals surface area contributed by atoms with Crippen molar-refractivity contribution in [2.75, 3.05) is 0 Å². The average Bonchev–Trinajstić information content (AvgIpc) is 2.75. The van der Waals surface area contributed by atoms with E-state index in [0.717, 1.165) is 28.0 Å². The van der Waals surface area contributed by atoms with Crippen molar-refractivity contribution in [1.29, 1.82) is 0 Å². The number of hydrogen-bond donors (Lipinski definition) is 0. The quantitative estimate of drug-likeness (QED) is 0.632. The van der Waals surface area contributed by atoms with Crippen LogP contribution in [0, 0.1) is 6.92 Å². The van der Waals surface area contributed by atoms with Gasteiger partial charge < -0.3 is 4.74 Å². The Morgan fingerprint density at radius 2 is 1.95 bits per heavy atom. The third-order valence-electron chi connectivity index (χ3n) is 4.72. The largest absolute Gasteiger partial charge is 0.489 e. The molecule has 1 aliphatic rings. The summed E-state index contributed by atoms with van der Waals surface area (Å²) in [7, 11) is 1.94. The first-order valence-electron chi connectivity index (χ1n) is 7.66. The van der Waals surface area contributed by atoms with E-state index in [4.69, 9.17) is 4.74 Å². The number of aromatic nitrogens is 3. The number of para-hydroxylation sites is 1. The molecule has 4 heteroatoms. The third-order valence-corrected chi connectivity index (χ3v) is 4.72. The second-order valence-electron chi connectivity index (χ2n) is 6.10. The van der Waals surface area contributed by atoms with E-state index in [1.165, 1.54) is 11.1 Å². The fraction of sp³-hybridized carbons (Fsp3) is 0.333. The molecule has 0 bridgehead atoms. The molecule has 0 aliphatic carbocycles. The minimum atomic E-state index is 0.110. The molecule has 2 unspecified atom stereocenters. The molecule has 4 rings (SSSR count). The fourth-order valence-corrected chi connectivity index (χ4v) is 3.39. The van der Waals surface area contributed by atoms with E-state index in [1.54, 1.807) is 0 Å². The number of benzene rings is 1. The number of nitrogens with zero attached hydrogens (tertiary/aromatic N) is 3. The molecule has 3 aromatic rings. The minimum absolute atomic E-state index is 0.110. The maximum absolute atomic E-state index is 6.19. The minimum Gasteiger partial charge on any atom is -0.489 e. The number of hydrogen-bond acceptors (Lipinski definition) is 3. The molecular weight excluding hydrogens is 274 g/mol. The van der Waals surface area contributed by atoms with Crippen molar-refractivity contribution in [3.8, 4) is 16.9 Å². The van der Waals surface area contributed by atoms with Gasteiger partial charge in [-0.1, -0.05) is 25.1 Å². The first-order chi connectivity index (χ1) is 10.6. The Hall–Kier alpha value is -2.36.